The van der Waals surface area contributed by atoms with E-state index in [9.17, 15) is 4.57 Å². The van der Waals surface area contributed by atoms with Crippen LogP contribution in [-0.2, 0) is 15.8 Å². The van der Waals surface area contributed by atoms with Crippen LogP contribution in [0.1, 0.15) is 76.7 Å². The molecule has 1 aromatic heterocycles. The van der Waals surface area contributed by atoms with Crippen molar-refractivity contribution in [2.45, 2.75) is 77.7 Å². The molecule has 1 heterocycles. The van der Waals surface area contributed by atoms with Crippen LogP contribution < -0.4 is 23.5 Å². The van der Waals surface area contributed by atoms with Gasteiger partial charge in [0.15, 0.2) is 24.2 Å². The van der Waals surface area contributed by atoms with Crippen LogP contribution in [0.5, 0.6) is 23.0 Å². The first-order valence-electron chi connectivity index (χ1n) is 13.5. The fraction of sp³-hybridized carbons (Fsp3) is 0.483. The molecular weight excluding hydrogens is 521 g/mol. The number of aromatic nitrogens is 1. The van der Waals surface area contributed by atoms with Gasteiger partial charge in [0.25, 0.3) is 0 Å². The molecule has 0 amide bonds. The van der Waals surface area contributed by atoms with Crippen molar-refractivity contribution < 1.29 is 32.7 Å². The van der Waals surface area contributed by atoms with E-state index in [0.717, 1.165) is 18.4 Å². The number of thiazole rings is 1. The van der Waals surface area contributed by atoms with Crippen LogP contribution in [0, 0.1) is 0 Å². The van der Waals surface area contributed by atoms with Gasteiger partial charge in [0.1, 0.15) is 4.67 Å². The van der Waals surface area contributed by atoms with Gasteiger partial charge in [-0.05, 0) is 30.7 Å². The predicted molar refractivity (Wildman–Crippen MR) is 150 cm³/mol. The normalized spacial score (nSPS) is 11.3. The van der Waals surface area contributed by atoms with Crippen molar-refractivity contribution >= 4 is 19.6 Å². The van der Waals surface area contributed by atoms with E-state index in [-0.39, 0.29) is 5.75 Å². The number of nitrogens with zero attached hydrogens (tertiary/aromatic N) is 1. The summed E-state index contributed by atoms with van der Waals surface area (Å²) >= 11 is 1.62. The van der Waals surface area contributed by atoms with Crippen molar-refractivity contribution in [1.29, 1.82) is 0 Å². The van der Waals surface area contributed by atoms with Crippen molar-refractivity contribution in [3.05, 3.63) is 65.1 Å². The largest absolute Gasteiger partial charge is 0.791 e. The minimum absolute atomic E-state index is 0.266. The Morgan fingerprint density at radius 3 is 2.32 bits per heavy atom. The van der Waals surface area contributed by atoms with Crippen LogP contribution in [0.25, 0.3) is 0 Å². The second kappa shape index (κ2) is 17.8. The molecule has 0 N–H and O–H groups in total. The van der Waals surface area contributed by atoms with Gasteiger partial charge < -0.3 is 9.47 Å². The Bertz CT molecular complexity index is 1080. The van der Waals surface area contributed by atoms with Gasteiger partial charge in [-0.25, -0.2) is 4.52 Å². The molecule has 0 radical (unpaired) electrons. The van der Waals surface area contributed by atoms with Crippen LogP contribution in [0.15, 0.2) is 59.6 Å². The van der Waals surface area contributed by atoms with Crippen molar-refractivity contribution in [3.8, 4) is 23.0 Å². The highest BCUT2D eigenvalue weighted by molar-refractivity contribution is 7.33. The Hall–Kier alpha value is -2.67. The van der Waals surface area contributed by atoms with E-state index in [2.05, 4.69) is 11.5 Å². The lowest BCUT2D eigenvalue weighted by Crippen LogP contribution is -2.30. The lowest BCUT2D eigenvalue weighted by molar-refractivity contribution is -0.683. The molecular formula is C29H40NO6PS+2. The number of para-hydroxylation sites is 1. The molecule has 0 saturated heterocycles. The third-order valence-corrected chi connectivity index (χ3v) is 7.29. The summed E-state index contributed by atoms with van der Waals surface area (Å²) in [5.41, 5.74) is 3.04. The van der Waals surface area contributed by atoms with E-state index in [0.29, 0.717) is 30.4 Å². The Morgan fingerprint density at radius 2 is 1.61 bits per heavy atom. The second-order valence-electron chi connectivity index (χ2n) is 9.14. The highest BCUT2D eigenvalue weighted by Gasteiger charge is 2.27. The number of hydrogen-bond acceptors (Lipinski definition) is 7. The third kappa shape index (κ3) is 11.0. The zero-order valence-electron chi connectivity index (χ0n) is 22.5. The lowest BCUT2D eigenvalue weighted by Gasteiger charge is -2.12. The van der Waals surface area contributed by atoms with Crippen molar-refractivity contribution in [1.82, 2.24) is 0 Å². The van der Waals surface area contributed by atoms with E-state index in [1.54, 1.807) is 29.5 Å². The summed E-state index contributed by atoms with van der Waals surface area (Å²) in [4.78, 5) is 5.31. The molecule has 7 nitrogen and oxygen atoms in total. The van der Waals surface area contributed by atoms with Gasteiger partial charge in [0.05, 0.1) is 19.1 Å². The minimum atomic E-state index is -2.57. The molecule has 0 aliphatic rings. The van der Waals surface area contributed by atoms with Crippen molar-refractivity contribution in [2.24, 2.45) is 0 Å². The van der Waals surface area contributed by atoms with Gasteiger partial charge in [-0.1, -0.05) is 94.2 Å². The predicted octanol–water partition coefficient (Wildman–Crippen LogP) is 8.44. The maximum absolute atomic E-state index is 12.4. The molecule has 1 unspecified atom stereocenters. The minimum Gasteiger partial charge on any atom is -0.490 e. The molecule has 1 atom stereocenters. The summed E-state index contributed by atoms with van der Waals surface area (Å²) in [6.45, 7) is 3.54. The molecule has 3 aromatic rings. The highest BCUT2D eigenvalue weighted by Crippen LogP contribution is 2.39. The smallest absolute Gasteiger partial charge is 0.490 e. The van der Waals surface area contributed by atoms with Crippen molar-refractivity contribution in [3.63, 3.8) is 0 Å². The van der Waals surface area contributed by atoms with Crippen LogP contribution in [0.3, 0.4) is 0 Å². The topological polar surface area (TPSA) is 67.1 Å². The van der Waals surface area contributed by atoms with Crippen molar-refractivity contribution in [2.75, 3.05) is 13.7 Å². The standard InChI is InChI=1S/C29H40NO6PS/c1-3-4-5-6-7-8-9-10-11-12-20-33-27-17-14-18-28(29(27)32-2)34-36-37(31)35-26-16-13-15-25(22-26)23-30-19-21-38-24-30/h13-19,21-22,24H,3-12,20,23H2,1-2H3/q+2. The van der Waals surface area contributed by atoms with Gasteiger partial charge in [0.2, 0.25) is 17.0 Å². The molecule has 0 spiro atoms. The first-order valence-corrected chi connectivity index (χ1v) is 15.5. The molecule has 206 valence electrons. The third-order valence-electron chi connectivity index (χ3n) is 6.06. The summed E-state index contributed by atoms with van der Waals surface area (Å²) in [7, 11) is -1.04. The number of hydrogen-bond donors (Lipinski definition) is 0. The maximum Gasteiger partial charge on any atom is 0.791 e. The van der Waals surface area contributed by atoms with E-state index >= 15 is 0 Å². The molecule has 9 heteroatoms. The second-order valence-corrected chi connectivity index (χ2v) is 10.7. The summed E-state index contributed by atoms with van der Waals surface area (Å²) in [5.74, 6) is 1.64. The number of rotatable bonds is 20. The zero-order valence-corrected chi connectivity index (χ0v) is 24.2. The number of methoxy groups -OCH3 is 1. The molecule has 3 rings (SSSR count). The Kier molecular flexibility index (Phi) is 14.0. The Morgan fingerprint density at radius 1 is 0.895 bits per heavy atom. The molecule has 0 aliphatic carbocycles. The fourth-order valence-electron chi connectivity index (χ4n) is 4.08. The lowest BCUT2D eigenvalue weighted by atomic mass is 10.1. The van der Waals surface area contributed by atoms with E-state index < -0.39 is 8.25 Å². The molecule has 0 aliphatic heterocycles. The van der Waals surface area contributed by atoms with E-state index in [1.807, 2.05) is 41.4 Å². The summed E-state index contributed by atoms with van der Waals surface area (Å²) in [5, 5.41) is 2.01. The number of ether oxygens (including phenoxy) is 2. The quantitative estimate of drug-likeness (QED) is 0.0453. The monoisotopic (exact) mass is 561 g/mol. The Balaban J connectivity index is 1.38. The summed E-state index contributed by atoms with van der Waals surface area (Å²) < 4.78 is 36.3. The van der Waals surface area contributed by atoms with Gasteiger partial charge in [-0.2, -0.15) is 4.57 Å². The highest BCUT2D eigenvalue weighted by atomic mass is 32.1. The zero-order chi connectivity index (χ0) is 26.8. The average Bonchev–Trinajstić information content (AvgIpc) is 3.44. The number of benzene rings is 2. The van der Waals surface area contributed by atoms with Crippen LogP contribution in [-0.4, -0.2) is 13.7 Å². The summed E-state index contributed by atoms with van der Waals surface area (Å²) in [6, 6.07) is 12.6. The van der Waals surface area contributed by atoms with Crippen LogP contribution in [0.2, 0.25) is 0 Å². The van der Waals surface area contributed by atoms with E-state index in [1.165, 1.54) is 58.5 Å². The first kappa shape index (κ1) is 29.9. The SMILES string of the molecule is CCCCCCCCCCCCOc1cccc(OO[P+](=O)Oc2cccc(C[n+]3ccsc3)c2)c1OC. The van der Waals surface area contributed by atoms with Gasteiger partial charge in [-0.15, -0.1) is 0 Å². The molecule has 0 bridgehead atoms. The van der Waals surface area contributed by atoms with Crippen LogP contribution >= 0.6 is 19.6 Å². The van der Waals surface area contributed by atoms with Gasteiger partial charge in [0, 0.05) is 10.1 Å². The average molecular weight is 562 g/mol. The summed E-state index contributed by atoms with van der Waals surface area (Å²) in [6.07, 6.45) is 14.7. The first-order chi connectivity index (χ1) is 18.7. The van der Waals surface area contributed by atoms with Crippen LogP contribution in [0.4, 0.5) is 0 Å². The van der Waals surface area contributed by atoms with E-state index in [4.69, 9.17) is 23.6 Å². The molecule has 0 saturated carbocycles. The number of unbranched alkanes of at least 4 members (excludes halogenated alkanes) is 9. The molecule has 0 fully saturated rings. The Labute approximate surface area is 231 Å². The maximum atomic E-state index is 12.4. The van der Waals surface area contributed by atoms with Gasteiger partial charge in [-0.3, -0.25) is 4.89 Å². The fourth-order valence-corrected chi connectivity index (χ4v) is 5.14. The van der Waals surface area contributed by atoms with Gasteiger partial charge >= 0.3 is 8.25 Å². The molecule has 2 aromatic carbocycles. The molecule has 38 heavy (non-hydrogen) atoms.